The van der Waals surface area contributed by atoms with Gasteiger partial charge in [-0.3, -0.25) is 4.79 Å². The average Bonchev–Trinajstić information content (AvgIpc) is 3.04. The SMILES string of the molecule is Cc1cncn1CCCNC(=O)/C=C/c1ccco1. The van der Waals surface area contributed by atoms with Crippen LogP contribution in [0.15, 0.2) is 41.4 Å². The molecule has 2 heterocycles. The van der Waals surface area contributed by atoms with Gasteiger partial charge in [0.1, 0.15) is 5.76 Å². The molecule has 0 spiro atoms. The molecule has 2 rings (SSSR count). The van der Waals surface area contributed by atoms with Crippen molar-refractivity contribution in [2.75, 3.05) is 6.54 Å². The number of imidazole rings is 1. The molecule has 19 heavy (non-hydrogen) atoms. The van der Waals surface area contributed by atoms with Crippen LogP contribution in [0.4, 0.5) is 0 Å². The van der Waals surface area contributed by atoms with Gasteiger partial charge in [-0.15, -0.1) is 0 Å². The smallest absolute Gasteiger partial charge is 0.244 e. The molecule has 2 aromatic rings. The fourth-order valence-corrected chi connectivity index (χ4v) is 1.68. The van der Waals surface area contributed by atoms with Gasteiger partial charge in [-0.25, -0.2) is 4.98 Å². The molecule has 0 aliphatic rings. The molecule has 5 nitrogen and oxygen atoms in total. The summed E-state index contributed by atoms with van der Waals surface area (Å²) in [4.78, 5) is 15.6. The minimum Gasteiger partial charge on any atom is -0.465 e. The highest BCUT2D eigenvalue weighted by molar-refractivity contribution is 5.91. The van der Waals surface area contributed by atoms with E-state index in [0.29, 0.717) is 12.3 Å². The molecule has 100 valence electrons. The van der Waals surface area contributed by atoms with Gasteiger partial charge in [-0.1, -0.05) is 0 Å². The Labute approximate surface area is 111 Å². The molecular formula is C14H17N3O2. The first-order valence-electron chi connectivity index (χ1n) is 6.22. The van der Waals surface area contributed by atoms with Gasteiger partial charge >= 0.3 is 0 Å². The van der Waals surface area contributed by atoms with Gasteiger partial charge in [-0.05, 0) is 31.6 Å². The maximum Gasteiger partial charge on any atom is 0.244 e. The van der Waals surface area contributed by atoms with Crippen LogP contribution in [0, 0.1) is 6.92 Å². The lowest BCUT2D eigenvalue weighted by Crippen LogP contribution is -2.23. The standard InChI is InChI=1S/C14H17N3O2/c1-12-10-15-11-17(12)8-3-7-16-14(18)6-5-13-4-2-9-19-13/h2,4-6,9-11H,3,7-8H2,1H3,(H,16,18)/b6-5+. The zero-order chi connectivity index (χ0) is 13.5. The number of hydrogen-bond acceptors (Lipinski definition) is 3. The second-order valence-electron chi connectivity index (χ2n) is 4.22. The van der Waals surface area contributed by atoms with Gasteiger partial charge in [-0.2, -0.15) is 0 Å². The number of amides is 1. The van der Waals surface area contributed by atoms with Crippen LogP contribution in [0.3, 0.4) is 0 Å². The minimum atomic E-state index is -0.112. The van der Waals surface area contributed by atoms with Gasteiger partial charge in [0.25, 0.3) is 0 Å². The molecule has 0 aromatic carbocycles. The summed E-state index contributed by atoms with van der Waals surface area (Å²) in [6, 6.07) is 3.58. The van der Waals surface area contributed by atoms with Crippen LogP contribution in [0.25, 0.3) is 6.08 Å². The molecule has 0 aliphatic carbocycles. The number of carbonyl (C=O) groups is 1. The quantitative estimate of drug-likeness (QED) is 0.637. The van der Waals surface area contributed by atoms with Crippen molar-refractivity contribution in [3.05, 3.63) is 48.5 Å². The van der Waals surface area contributed by atoms with Gasteiger partial charge < -0.3 is 14.3 Å². The van der Waals surface area contributed by atoms with Gasteiger partial charge in [0, 0.05) is 31.1 Å². The molecule has 0 unspecified atom stereocenters. The van der Waals surface area contributed by atoms with Crippen LogP contribution in [-0.4, -0.2) is 22.0 Å². The summed E-state index contributed by atoms with van der Waals surface area (Å²) in [5, 5.41) is 2.83. The molecule has 0 atom stereocenters. The van der Waals surface area contributed by atoms with Crippen LogP contribution >= 0.6 is 0 Å². The van der Waals surface area contributed by atoms with E-state index in [4.69, 9.17) is 4.42 Å². The number of nitrogens with one attached hydrogen (secondary N) is 1. The first-order chi connectivity index (χ1) is 9.25. The molecule has 1 N–H and O–H groups in total. The van der Waals surface area contributed by atoms with Crippen molar-refractivity contribution >= 4 is 12.0 Å². The number of nitrogens with zero attached hydrogens (tertiary/aromatic N) is 2. The van der Waals surface area contributed by atoms with E-state index in [2.05, 4.69) is 14.9 Å². The van der Waals surface area contributed by atoms with E-state index >= 15 is 0 Å². The number of aromatic nitrogens is 2. The first kappa shape index (κ1) is 13.1. The Morgan fingerprint density at radius 1 is 1.58 bits per heavy atom. The average molecular weight is 259 g/mol. The summed E-state index contributed by atoms with van der Waals surface area (Å²) in [5.74, 6) is 0.558. The Morgan fingerprint density at radius 3 is 3.16 bits per heavy atom. The van der Waals surface area contributed by atoms with E-state index in [-0.39, 0.29) is 5.91 Å². The summed E-state index contributed by atoms with van der Waals surface area (Å²) < 4.78 is 7.15. The number of carbonyl (C=O) groups excluding carboxylic acids is 1. The summed E-state index contributed by atoms with van der Waals surface area (Å²) in [6.45, 7) is 3.50. The van der Waals surface area contributed by atoms with Crippen molar-refractivity contribution < 1.29 is 9.21 Å². The van der Waals surface area contributed by atoms with Crippen molar-refractivity contribution in [1.82, 2.24) is 14.9 Å². The fraction of sp³-hybridized carbons (Fsp3) is 0.286. The minimum absolute atomic E-state index is 0.112. The molecule has 0 aliphatic heterocycles. The van der Waals surface area contributed by atoms with E-state index in [1.54, 1.807) is 30.8 Å². The Morgan fingerprint density at radius 2 is 2.47 bits per heavy atom. The maximum absolute atomic E-state index is 11.5. The van der Waals surface area contributed by atoms with Crippen molar-refractivity contribution in [2.24, 2.45) is 0 Å². The van der Waals surface area contributed by atoms with Crippen molar-refractivity contribution in [2.45, 2.75) is 19.9 Å². The topological polar surface area (TPSA) is 60.1 Å². The van der Waals surface area contributed by atoms with Crippen LogP contribution in [0.5, 0.6) is 0 Å². The largest absolute Gasteiger partial charge is 0.465 e. The number of rotatable bonds is 6. The zero-order valence-electron chi connectivity index (χ0n) is 10.9. The summed E-state index contributed by atoms with van der Waals surface area (Å²) in [5.41, 5.74) is 1.13. The molecule has 0 radical (unpaired) electrons. The van der Waals surface area contributed by atoms with Crippen LogP contribution in [0.1, 0.15) is 17.9 Å². The van der Waals surface area contributed by atoms with E-state index in [0.717, 1.165) is 18.7 Å². The first-order valence-corrected chi connectivity index (χ1v) is 6.22. The van der Waals surface area contributed by atoms with Crippen molar-refractivity contribution in [3.63, 3.8) is 0 Å². The molecule has 2 aromatic heterocycles. The lowest BCUT2D eigenvalue weighted by atomic mass is 10.3. The summed E-state index contributed by atoms with van der Waals surface area (Å²) in [7, 11) is 0. The highest BCUT2D eigenvalue weighted by Crippen LogP contribution is 2.01. The Hall–Kier alpha value is -2.30. The van der Waals surface area contributed by atoms with Gasteiger partial charge in [0.2, 0.25) is 5.91 Å². The van der Waals surface area contributed by atoms with Crippen molar-refractivity contribution in [1.29, 1.82) is 0 Å². The maximum atomic E-state index is 11.5. The second kappa shape index (κ2) is 6.58. The molecule has 0 fully saturated rings. The van der Waals surface area contributed by atoms with Crippen molar-refractivity contribution in [3.8, 4) is 0 Å². The lowest BCUT2D eigenvalue weighted by Gasteiger charge is -2.05. The molecule has 5 heteroatoms. The fourth-order valence-electron chi connectivity index (χ4n) is 1.68. The normalized spacial score (nSPS) is 11.0. The van der Waals surface area contributed by atoms with Gasteiger partial charge in [0.15, 0.2) is 0 Å². The zero-order valence-corrected chi connectivity index (χ0v) is 10.9. The summed E-state index contributed by atoms with van der Waals surface area (Å²) in [6.07, 6.45) is 9.19. The Kier molecular flexibility index (Phi) is 4.55. The molecule has 0 bridgehead atoms. The Bertz CT molecular complexity index is 541. The second-order valence-corrected chi connectivity index (χ2v) is 4.22. The van der Waals surface area contributed by atoms with Crippen LogP contribution in [-0.2, 0) is 11.3 Å². The number of aryl methyl sites for hydroxylation is 2. The third-order valence-corrected chi connectivity index (χ3v) is 2.74. The molecule has 0 saturated heterocycles. The molecule has 0 saturated carbocycles. The Balaban J connectivity index is 1.66. The number of furan rings is 1. The number of hydrogen-bond donors (Lipinski definition) is 1. The van der Waals surface area contributed by atoms with E-state index in [9.17, 15) is 4.79 Å². The molecule has 1 amide bonds. The third kappa shape index (κ3) is 4.13. The monoisotopic (exact) mass is 259 g/mol. The predicted molar refractivity (Wildman–Crippen MR) is 72.3 cm³/mol. The van der Waals surface area contributed by atoms with Crippen LogP contribution < -0.4 is 5.32 Å². The van der Waals surface area contributed by atoms with Gasteiger partial charge in [0.05, 0.1) is 12.6 Å². The van der Waals surface area contributed by atoms with E-state index in [1.807, 2.05) is 13.1 Å². The van der Waals surface area contributed by atoms with E-state index in [1.165, 1.54) is 6.08 Å². The highest BCUT2D eigenvalue weighted by Gasteiger charge is 1.98. The predicted octanol–water partition coefficient (Wildman–Crippen LogP) is 2.00. The third-order valence-electron chi connectivity index (χ3n) is 2.74. The molecular weight excluding hydrogens is 242 g/mol. The highest BCUT2D eigenvalue weighted by atomic mass is 16.3. The summed E-state index contributed by atoms with van der Waals surface area (Å²) >= 11 is 0. The van der Waals surface area contributed by atoms with E-state index < -0.39 is 0 Å². The lowest BCUT2D eigenvalue weighted by molar-refractivity contribution is -0.116. The van der Waals surface area contributed by atoms with Crippen LogP contribution in [0.2, 0.25) is 0 Å².